The molecule has 9 heteroatoms. The van der Waals surface area contributed by atoms with Gasteiger partial charge in [0, 0.05) is 11.6 Å². The molecule has 1 amide bonds. The minimum absolute atomic E-state index is 0.000829. The number of halogens is 1. The summed E-state index contributed by atoms with van der Waals surface area (Å²) in [5.74, 6) is -1.31. The van der Waals surface area contributed by atoms with Crippen molar-refractivity contribution in [1.82, 2.24) is 5.32 Å². The van der Waals surface area contributed by atoms with Gasteiger partial charge in [0.1, 0.15) is 0 Å². The fourth-order valence-electron chi connectivity index (χ4n) is 2.58. The molecule has 1 atom stereocenters. The molecule has 0 saturated carbocycles. The monoisotopic (exact) mass is 462 g/mol. The average Bonchev–Trinajstić information content (AvgIpc) is 2.76. The minimum Gasteiger partial charge on any atom is -0.449 e. The molecule has 0 aliphatic rings. The maximum absolute atomic E-state index is 13.3. The summed E-state index contributed by atoms with van der Waals surface area (Å²) in [4.78, 5) is 24.2. The van der Waals surface area contributed by atoms with E-state index in [9.17, 15) is 18.0 Å². The van der Waals surface area contributed by atoms with Crippen molar-refractivity contribution in [2.24, 2.45) is 0 Å². The normalized spacial score (nSPS) is 11.8. The van der Waals surface area contributed by atoms with Gasteiger partial charge in [-0.3, -0.25) is 9.10 Å². The fraction of sp³-hybridized carbons (Fsp3) is 0.182. The number of hydrogen-bond donors (Lipinski definition) is 1. The van der Waals surface area contributed by atoms with Gasteiger partial charge in [-0.15, -0.1) is 13.2 Å². The number of hydrogen-bond acceptors (Lipinski definition) is 5. The van der Waals surface area contributed by atoms with Crippen molar-refractivity contribution in [1.29, 1.82) is 0 Å². The van der Waals surface area contributed by atoms with Crippen LogP contribution in [-0.2, 0) is 19.6 Å². The number of nitrogens with one attached hydrogen (secondary N) is 1. The number of anilines is 1. The first-order valence-electron chi connectivity index (χ1n) is 9.29. The lowest BCUT2D eigenvalue weighted by Crippen LogP contribution is -2.36. The smallest absolute Gasteiger partial charge is 0.338 e. The molecule has 0 bridgehead atoms. The minimum atomic E-state index is -4.02. The summed E-state index contributed by atoms with van der Waals surface area (Å²) in [7, 11) is -4.02. The molecular formula is C22H23ClN2O5S. The molecule has 0 aliphatic heterocycles. The Bertz CT molecular complexity index is 1070. The molecule has 1 unspecified atom stereocenters. The van der Waals surface area contributed by atoms with Crippen molar-refractivity contribution in [3.63, 3.8) is 0 Å². The highest BCUT2D eigenvalue weighted by Crippen LogP contribution is 2.26. The zero-order valence-corrected chi connectivity index (χ0v) is 18.5. The van der Waals surface area contributed by atoms with Crippen LogP contribution in [0.3, 0.4) is 0 Å². The third kappa shape index (κ3) is 6.19. The second-order valence-corrected chi connectivity index (χ2v) is 8.71. The van der Waals surface area contributed by atoms with Crippen LogP contribution in [0.25, 0.3) is 0 Å². The third-order valence-corrected chi connectivity index (χ3v) is 6.18. The zero-order chi connectivity index (χ0) is 23.0. The maximum atomic E-state index is 13.3. The Balaban J connectivity index is 2.30. The van der Waals surface area contributed by atoms with Crippen LogP contribution in [0.5, 0.6) is 0 Å². The van der Waals surface area contributed by atoms with Crippen molar-refractivity contribution in [2.75, 3.05) is 17.4 Å². The van der Waals surface area contributed by atoms with Gasteiger partial charge in [0.2, 0.25) is 0 Å². The molecule has 0 saturated heterocycles. The van der Waals surface area contributed by atoms with Crippen LogP contribution >= 0.6 is 11.6 Å². The molecule has 164 valence electrons. The number of carbonyl (C=O) groups is 2. The number of sulfonamides is 1. The number of esters is 1. The van der Waals surface area contributed by atoms with Crippen molar-refractivity contribution in [2.45, 2.75) is 17.9 Å². The van der Waals surface area contributed by atoms with E-state index in [4.69, 9.17) is 16.3 Å². The van der Waals surface area contributed by atoms with E-state index in [0.29, 0.717) is 10.7 Å². The molecule has 0 fully saturated rings. The van der Waals surface area contributed by atoms with E-state index >= 15 is 0 Å². The van der Waals surface area contributed by atoms with E-state index in [-0.39, 0.29) is 23.5 Å². The van der Waals surface area contributed by atoms with Crippen molar-refractivity contribution in [3.8, 4) is 0 Å². The van der Waals surface area contributed by atoms with E-state index in [2.05, 4.69) is 18.5 Å². The van der Waals surface area contributed by atoms with E-state index < -0.39 is 28.0 Å². The highest BCUT2D eigenvalue weighted by Gasteiger charge is 2.26. The maximum Gasteiger partial charge on any atom is 0.338 e. The Labute approximate surface area is 187 Å². The summed E-state index contributed by atoms with van der Waals surface area (Å²) in [5, 5.41) is 2.99. The number of benzene rings is 2. The largest absolute Gasteiger partial charge is 0.449 e. The number of rotatable bonds is 10. The van der Waals surface area contributed by atoms with Gasteiger partial charge >= 0.3 is 5.97 Å². The van der Waals surface area contributed by atoms with Crippen LogP contribution in [0.4, 0.5) is 5.69 Å². The van der Waals surface area contributed by atoms with Gasteiger partial charge in [-0.1, -0.05) is 29.8 Å². The summed E-state index contributed by atoms with van der Waals surface area (Å²) in [6.07, 6.45) is 1.89. The molecule has 2 aromatic rings. The molecule has 0 spiro atoms. The second kappa shape index (κ2) is 10.8. The van der Waals surface area contributed by atoms with Gasteiger partial charge in [0.05, 0.1) is 22.7 Å². The average molecular weight is 463 g/mol. The lowest BCUT2D eigenvalue weighted by atomic mass is 10.2. The SMILES string of the molecule is C=CCNC(=O)C(C)OC(=O)c1cccc(S(=O)(=O)N(CC=C)c2ccc(Cl)cc2)c1. The molecule has 0 heterocycles. The van der Waals surface area contributed by atoms with Gasteiger partial charge in [-0.05, 0) is 49.4 Å². The van der Waals surface area contributed by atoms with Gasteiger partial charge < -0.3 is 10.1 Å². The highest BCUT2D eigenvalue weighted by molar-refractivity contribution is 7.92. The molecule has 0 aromatic heterocycles. The Kier molecular flexibility index (Phi) is 8.41. The van der Waals surface area contributed by atoms with E-state index in [1.165, 1.54) is 43.3 Å². The number of ether oxygens (including phenoxy) is 1. The molecular weight excluding hydrogens is 440 g/mol. The van der Waals surface area contributed by atoms with Gasteiger partial charge in [-0.25, -0.2) is 13.2 Å². The van der Waals surface area contributed by atoms with Crippen LogP contribution in [0.1, 0.15) is 17.3 Å². The Hall–Kier alpha value is -3.10. The predicted molar refractivity (Wildman–Crippen MR) is 121 cm³/mol. The van der Waals surface area contributed by atoms with Crippen molar-refractivity contribution >= 4 is 39.2 Å². The Morgan fingerprint density at radius 1 is 1.16 bits per heavy atom. The molecule has 2 aromatic carbocycles. The van der Waals surface area contributed by atoms with Crippen LogP contribution < -0.4 is 9.62 Å². The number of amides is 1. The van der Waals surface area contributed by atoms with Crippen molar-refractivity contribution < 1.29 is 22.7 Å². The molecule has 31 heavy (non-hydrogen) atoms. The molecule has 0 aliphatic carbocycles. The third-order valence-electron chi connectivity index (χ3n) is 4.14. The highest BCUT2D eigenvalue weighted by atomic mass is 35.5. The van der Waals surface area contributed by atoms with E-state index in [0.717, 1.165) is 4.31 Å². The van der Waals surface area contributed by atoms with E-state index in [1.54, 1.807) is 24.3 Å². The summed E-state index contributed by atoms with van der Waals surface area (Å²) in [6.45, 7) is 8.77. The van der Waals surface area contributed by atoms with Gasteiger partial charge in [0.15, 0.2) is 6.10 Å². The first-order valence-corrected chi connectivity index (χ1v) is 11.1. The summed E-state index contributed by atoms with van der Waals surface area (Å²) >= 11 is 5.90. The summed E-state index contributed by atoms with van der Waals surface area (Å²) in [6, 6.07) is 11.7. The van der Waals surface area contributed by atoms with Crippen LogP contribution in [0, 0.1) is 0 Å². The fourth-order valence-corrected chi connectivity index (χ4v) is 4.18. The topological polar surface area (TPSA) is 92.8 Å². The van der Waals surface area contributed by atoms with Gasteiger partial charge in [0.25, 0.3) is 15.9 Å². The standard InChI is InChI=1S/C22H23ClN2O5S/c1-4-13-24-21(26)16(3)30-22(27)17-7-6-8-20(15-17)31(28,29)25(14-5-2)19-11-9-18(23)10-12-19/h4-12,15-16H,1-2,13-14H2,3H3,(H,24,26). The second-order valence-electron chi connectivity index (χ2n) is 6.41. The summed E-state index contributed by atoms with van der Waals surface area (Å²) < 4.78 is 32.8. The summed E-state index contributed by atoms with van der Waals surface area (Å²) in [5.41, 5.74) is 0.392. The molecule has 1 N–H and O–H groups in total. The first kappa shape index (κ1) is 24.2. The number of nitrogens with zero attached hydrogens (tertiary/aromatic N) is 1. The van der Waals surface area contributed by atoms with Crippen LogP contribution in [0.2, 0.25) is 5.02 Å². The lowest BCUT2D eigenvalue weighted by Gasteiger charge is -2.23. The number of carbonyl (C=O) groups excluding carboxylic acids is 2. The van der Waals surface area contributed by atoms with E-state index in [1.807, 2.05) is 0 Å². The van der Waals surface area contributed by atoms with Crippen LogP contribution in [0.15, 0.2) is 78.7 Å². The van der Waals surface area contributed by atoms with Crippen LogP contribution in [-0.4, -0.2) is 39.5 Å². The Morgan fingerprint density at radius 2 is 1.84 bits per heavy atom. The molecule has 2 rings (SSSR count). The quantitative estimate of drug-likeness (QED) is 0.430. The Morgan fingerprint density at radius 3 is 2.45 bits per heavy atom. The molecule has 0 radical (unpaired) electrons. The zero-order valence-electron chi connectivity index (χ0n) is 17.0. The lowest BCUT2D eigenvalue weighted by molar-refractivity contribution is -0.128. The van der Waals surface area contributed by atoms with Gasteiger partial charge in [-0.2, -0.15) is 0 Å². The first-order chi connectivity index (χ1) is 14.7. The predicted octanol–water partition coefficient (Wildman–Crippen LogP) is 3.57. The van der Waals surface area contributed by atoms with Crippen molar-refractivity contribution in [3.05, 3.63) is 84.4 Å². The molecule has 7 nitrogen and oxygen atoms in total.